The molecule has 0 aliphatic carbocycles. The molecule has 4 nitrogen and oxygen atoms in total. The zero-order chi connectivity index (χ0) is 19.7. The largest absolute Gasteiger partial charge is 0.488 e. The van der Waals surface area contributed by atoms with Gasteiger partial charge in [0, 0.05) is 38.1 Å². The molecule has 1 aliphatic rings. The topological polar surface area (TPSA) is 51.2 Å². The zero-order valence-corrected chi connectivity index (χ0v) is 17.4. The number of fused-ring (bicyclic) bond motifs is 1. The Morgan fingerprint density at radius 2 is 1.93 bits per heavy atom. The number of rotatable bonds is 4. The molecule has 0 saturated heterocycles. The lowest BCUT2D eigenvalue weighted by Gasteiger charge is -2.17. The number of nitrogens with one attached hydrogen (secondary N) is 1. The fourth-order valence-corrected chi connectivity index (χ4v) is 4.16. The number of thiazole rings is 1. The first kappa shape index (κ1) is 19.3. The van der Waals surface area contributed by atoms with Crippen LogP contribution in [0, 0.1) is 0 Å². The van der Waals surface area contributed by atoms with Crippen molar-refractivity contribution in [1.29, 1.82) is 0 Å². The average Bonchev–Trinajstić information content (AvgIpc) is 3.11. The lowest BCUT2D eigenvalue weighted by molar-refractivity contribution is -0.113. The first-order valence-electron chi connectivity index (χ1n) is 8.31. The molecule has 8 heteroatoms. The Balaban J connectivity index is 1.47. The molecule has 3 aromatic rings. The van der Waals surface area contributed by atoms with Crippen molar-refractivity contribution < 1.29 is 9.53 Å². The zero-order valence-electron chi connectivity index (χ0n) is 14.3. The van der Waals surface area contributed by atoms with E-state index in [2.05, 4.69) is 10.3 Å². The number of ether oxygens (including phenoxy) is 1. The second-order valence-electron chi connectivity index (χ2n) is 6.14. The van der Waals surface area contributed by atoms with Crippen molar-refractivity contribution in [3.8, 4) is 5.75 Å². The van der Waals surface area contributed by atoms with E-state index in [-0.39, 0.29) is 12.5 Å². The van der Waals surface area contributed by atoms with Gasteiger partial charge in [0.1, 0.15) is 12.4 Å². The number of amides is 1. The maximum atomic E-state index is 12.6. The summed E-state index contributed by atoms with van der Waals surface area (Å²) < 4.78 is 5.63. The highest BCUT2D eigenvalue weighted by Crippen LogP contribution is 2.30. The summed E-state index contributed by atoms with van der Waals surface area (Å²) in [5.41, 5.74) is 2.19. The standard InChI is InChI=1S/C20H13Cl3N2O2S/c21-14-1-3-17(23)11(6-14)8-16-9-24-20(28-16)25-19(26)13-5-12-7-15(22)2-4-18(12)27-10-13/h1-7,9H,8,10H2,(H,24,25,26). The molecule has 0 fully saturated rings. The fraction of sp³-hybridized carbons (Fsp3) is 0.100. The number of anilines is 1. The molecule has 0 spiro atoms. The normalized spacial score (nSPS) is 12.8. The molecule has 142 valence electrons. The molecular formula is C20H13Cl3N2O2S. The minimum atomic E-state index is -0.257. The predicted octanol–water partition coefficient (Wildman–Crippen LogP) is 6.11. The summed E-state index contributed by atoms with van der Waals surface area (Å²) in [6, 6.07) is 10.6. The van der Waals surface area contributed by atoms with Gasteiger partial charge in [-0.3, -0.25) is 10.1 Å². The SMILES string of the molecule is O=C(Nc1ncc(Cc2cc(Cl)ccc2Cl)s1)C1=Cc2cc(Cl)ccc2OC1. The lowest BCUT2D eigenvalue weighted by Crippen LogP contribution is -2.21. The van der Waals surface area contributed by atoms with Crippen LogP contribution in [0.15, 0.2) is 48.2 Å². The summed E-state index contributed by atoms with van der Waals surface area (Å²) >= 11 is 19.7. The van der Waals surface area contributed by atoms with Crippen LogP contribution in [0.3, 0.4) is 0 Å². The molecule has 1 aliphatic heterocycles. The summed E-state index contributed by atoms with van der Waals surface area (Å²) in [6.07, 6.45) is 4.09. The Morgan fingerprint density at radius 1 is 1.14 bits per heavy atom. The minimum Gasteiger partial charge on any atom is -0.488 e. The van der Waals surface area contributed by atoms with Gasteiger partial charge in [0.05, 0.1) is 5.57 Å². The first-order chi connectivity index (χ1) is 13.5. The maximum Gasteiger partial charge on any atom is 0.256 e. The van der Waals surface area contributed by atoms with E-state index in [1.54, 1.807) is 42.6 Å². The number of hydrogen-bond acceptors (Lipinski definition) is 4. The highest BCUT2D eigenvalue weighted by molar-refractivity contribution is 7.15. The van der Waals surface area contributed by atoms with Crippen LogP contribution in [0.2, 0.25) is 15.1 Å². The molecule has 0 radical (unpaired) electrons. The van der Waals surface area contributed by atoms with Gasteiger partial charge >= 0.3 is 0 Å². The van der Waals surface area contributed by atoms with Crippen LogP contribution in [-0.2, 0) is 11.2 Å². The van der Waals surface area contributed by atoms with Crippen LogP contribution in [-0.4, -0.2) is 17.5 Å². The third-order valence-corrected chi connectivity index (χ3v) is 5.87. The summed E-state index contributed by atoms with van der Waals surface area (Å²) in [5.74, 6) is 0.447. The van der Waals surface area contributed by atoms with Crippen molar-refractivity contribution in [1.82, 2.24) is 4.98 Å². The molecule has 2 aromatic carbocycles. The van der Waals surface area contributed by atoms with E-state index in [0.717, 1.165) is 16.0 Å². The third kappa shape index (κ3) is 4.33. The Hall–Kier alpha value is -2.05. The highest BCUT2D eigenvalue weighted by Gasteiger charge is 2.19. The number of halogens is 3. The molecule has 0 unspecified atom stereocenters. The van der Waals surface area contributed by atoms with Gasteiger partial charge in [0.15, 0.2) is 5.13 Å². The van der Waals surface area contributed by atoms with E-state index in [9.17, 15) is 4.79 Å². The Morgan fingerprint density at radius 3 is 2.79 bits per heavy atom. The van der Waals surface area contributed by atoms with Crippen molar-refractivity contribution in [3.05, 3.63) is 79.2 Å². The Bertz CT molecular complexity index is 1090. The highest BCUT2D eigenvalue weighted by atomic mass is 35.5. The van der Waals surface area contributed by atoms with E-state index >= 15 is 0 Å². The summed E-state index contributed by atoms with van der Waals surface area (Å²) in [7, 11) is 0. The van der Waals surface area contributed by atoms with Crippen molar-refractivity contribution in [2.24, 2.45) is 0 Å². The van der Waals surface area contributed by atoms with Crippen LogP contribution in [0.4, 0.5) is 5.13 Å². The lowest BCUT2D eigenvalue weighted by atomic mass is 10.1. The van der Waals surface area contributed by atoms with Gasteiger partial charge in [-0.1, -0.05) is 34.8 Å². The van der Waals surface area contributed by atoms with Gasteiger partial charge in [0.2, 0.25) is 0 Å². The number of hydrogen-bond donors (Lipinski definition) is 1. The van der Waals surface area contributed by atoms with Crippen molar-refractivity contribution >= 4 is 63.3 Å². The first-order valence-corrected chi connectivity index (χ1v) is 10.3. The van der Waals surface area contributed by atoms with Crippen LogP contribution in [0.1, 0.15) is 16.0 Å². The minimum absolute atomic E-state index is 0.191. The van der Waals surface area contributed by atoms with E-state index in [1.807, 2.05) is 6.07 Å². The van der Waals surface area contributed by atoms with Gasteiger partial charge in [0.25, 0.3) is 5.91 Å². The van der Waals surface area contributed by atoms with E-state index in [4.69, 9.17) is 39.5 Å². The van der Waals surface area contributed by atoms with E-state index in [1.165, 1.54) is 11.3 Å². The Kier molecular flexibility index (Phi) is 5.60. The van der Waals surface area contributed by atoms with Crippen molar-refractivity contribution in [3.63, 3.8) is 0 Å². The molecular weight excluding hydrogens is 439 g/mol. The molecule has 1 amide bonds. The number of benzene rings is 2. The predicted molar refractivity (Wildman–Crippen MR) is 115 cm³/mol. The smallest absolute Gasteiger partial charge is 0.256 e. The van der Waals surface area contributed by atoms with Crippen LogP contribution in [0.5, 0.6) is 5.75 Å². The Labute approximate surface area is 180 Å². The second kappa shape index (κ2) is 8.13. The molecule has 1 N–H and O–H groups in total. The fourth-order valence-electron chi connectivity index (χ4n) is 2.77. The second-order valence-corrected chi connectivity index (χ2v) is 8.53. The maximum absolute atomic E-state index is 12.6. The summed E-state index contributed by atoms with van der Waals surface area (Å²) in [5, 5.41) is 5.19. The van der Waals surface area contributed by atoms with Gasteiger partial charge in [-0.05, 0) is 48.0 Å². The summed E-state index contributed by atoms with van der Waals surface area (Å²) in [6.45, 7) is 0.191. The van der Waals surface area contributed by atoms with Gasteiger partial charge in [-0.2, -0.15) is 0 Å². The monoisotopic (exact) mass is 450 g/mol. The molecule has 28 heavy (non-hydrogen) atoms. The number of nitrogens with zero attached hydrogens (tertiary/aromatic N) is 1. The molecule has 0 atom stereocenters. The molecule has 4 rings (SSSR count). The number of carbonyl (C=O) groups is 1. The molecule has 2 heterocycles. The number of aromatic nitrogens is 1. The quantitative estimate of drug-likeness (QED) is 0.521. The van der Waals surface area contributed by atoms with Crippen LogP contribution >= 0.6 is 46.1 Å². The molecule has 0 bridgehead atoms. The van der Waals surface area contributed by atoms with Gasteiger partial charge in [-0.15, -0.1) is 11.3 Å². The van der Waals surface area contributed by atoms with Crippen molar-refractivity contribution in [2.45, 2.75) is 6.42 Å². The van der Waals surface area contributed by atoms with Gasteiger partial charge < -0.3 is 4.74 Å². The van der Waals surface area contributed by atoms with Crippen molar-refractivity contribution in [2.75, 3.05) is 11.9 Å². The average molecular weight is 452 g/mol. The molecule has 0 saturated carbocycles. The summed E-state index contributed by atoms with van der Waals surface area (Å²) in [4.78, 5) is 17.8. The van der Waals surface area contributed by atoms with Gasteiger partial charge in [-0.25, -0.2) is 4.98 Å². The molecule has 1 aromatic heterocycles. The van der Waals surface area contributed by atoms with E-state index in [0.29, 0.717) is 37.9 Å². The third-order valence-electron chi connectivity index (χ3n) is 4.12. The van der Waals surface area contributed by atoms with Crippen LogP contribution in [0.25, 0.3) is 6.08 Å². The van der Waals surface area contributed by atoms with E-state index < -0.39 is 0 Å². The van der Waals surface area contributed by atoms with Crippen LogP contribution < -0.4 is 10.1 Å². The number of carbonyl (C=O) groups excluding carboxylic acids is 1.